The maximum Gasteiger partial charge on any atom is 0.331 e. The molecule has 74 valence electrons. The van der Waals surface area contributed by atoms with Crippen LogP contribution in [0.15, 0.2) is 11.8 Å². The van der Waals surface area contributed by atoms with Crippen molar-refractivity contribution in [1.82, 2.24) is 0 Å². The minimum atomic E-state index is -1.20. The van der Waals surface area contributed by atoms with Crippen LogP contribution in [0, 0.1) is 0 Å². The molecule has 3 N–H and O–H groups in total. The summed E-state index contributed by atoms with van der Waals surface area (Å²) in [5.41, 5.74) is 0. The first-order valence-electron chi connectivity index (χ1n) is 3.86. The molecule has 0 aromatic carbocycles. The number of rotatable bonds is 6. The Kier molecular flexibility index (Phi) is 5.34. The Bertz CT molecular complexity index is 219. The van der Waals surface area contributed by atoms with Crippen LogP contribution < -0.4 is 0 Å². The molecule has 0 aliphatic carbocycles. The molecular weight excluding hydrogens is 176 g/mol. The van der Waals surface area contributed by atoms with Gasteiger partial charge in [0.15, 0.2) is 0 Å². The zero-order valence-electron chi connectivity index (χ0n) is 7.06. The molecule has 0 fully saturated rings. The van der Waals surface area contributed by atoms with Gasteiger partial charge in [0.1, 0.15) is 0 Å². The van der Waals surface area contributed by atoms with E-state index in [1.54, 1.807) is 0 Å². The van der Waals surface area contributed by atoms with Crippen molar-refractivity contribution < 1.29 is 24.9 Å². The molecule has 0 atom stereocenters. The van der Waals surface area contributed by atoms with E-state index in [2.05, 4.69) is 0 Å². The summed E-state index contributed by atoms with van der Waals surface area (Å²) in [7, 11) is 0. The van der Waals surface area contributed by atoms with Crippen LogP contribution in [-0.4, -0.2) is 27.3 Å². The average molecular weight is 188 g/mol. The molecule has 5 heteroatoms. The van der Waals surface area contributed by atoms with Gasteiger partial charge in [0, 0.05) is 12.8 Å². The fourth-order valence-electron chi connectivity index (χ4n) is 0.797. The highest BCUT2D eigenvalue weighted by Gasteiger charge is 2.00. The molecule has 0 aliphatic rings. The minimum Gasteiger partial charge on any atom is -0.512 e. The van der Waals surface area contributed by atoms with Crippen LogP contribution in [-0.2, 0) is 9.59 Å². The fourth-order valence-corrected chi connectivity index (χ4v) is 0.797. The number of aliphatic carboxylic acids is 2. The molecule has 0 saturated carbocycles. The molecule has 5 nitrogen and oxygen atoms in total. The normalized spacial score (nSPS) is 11.2. The Morgan fingerprint density at radius 2 is 1.54 bits per heavy atom. The SMILES string of the molecule is O=C(O)C=C(O)CCCCC(=O)O. The number of hydrogen-bond donors (Lipinski definition) is 3. The monoisotopic (exact) mass is 188 g/mol. The first-order chi connectivity index (χ1) is 6.02. The first-order valence-corrected chi connectivity index (χ1v) is 3.86. The number of aliphatic hydroxyl groups excluding tert-OH is 1. The highest BCUT2D eigenvalue weighted by atomic mass is 16.4. The summed E-state index contributed by atoms with van der Waals surface area (Å²) >= 11 is 0. The Balaban J connectivity index is 3.53. The van der Waals surface area contributed by atoms with Gasteiger partial charge in [-0.05, 0) is 12.8 Å². The summed E-state index contributed by atoms with van der Waals surface area (Å²) in [5, 5.41) is 25.4. The topological polar surface area (TPSA) is 94.8 Å². The second-order valence-corrected chi connectivity index (χ2v) is 2.57. The molecule has 0 aromatic rings. The average Bonchev–Trinajstić information content (AvgIpc) is 1.96. The molecule has 0 unspecified atom stereocenters. The number of aliphatic hydroxyl groups is 1. The van der Waals surface area contributed by atoms with E-state index in [9.17, 15) is 9.59 Å². The van der Waals surface area contributed by atoms with Crippen LogP contribution >= 0.6 is 0 Å². The van der Waals surface area contributed by atoms with Crippen molar-refractivity contribution in [2.24, 2.45) is 0 Å². The third-order valence-electron chi connectivity index (χ3n) is 1.36. The molecule has 0 radical (unpaired) electrons. The van der Waals surface area contributed by atoms with E-state index in [0.29, 0.717) is 18.9 Å². The highest BCUT2D eigenvalue weighted by Crippen LogP contribution is 2.05. The number of hydrogen-bond acceptors (Lipinski definition) is 3. The summed E-state index contributed by atoms with van der Waals surface area (Å²) in [5.74, 6) is -2.31. The summed E-state index contributed by atoms with van der Waals surface area (Å²) in [6, 6.07) is 0. The Morgan fingerprint density at radius 3 is 2.00 bits per heavy atom. The van der Waals surface area contributed by atoms with E-state index in [1.165, 1.54) is 0 Å². The van der Waals surface area contributed by atoms with Crippen molar-refractivity contribution in [2.45, 2.75) is 25.7 Å². The van der Waals surface area contributed by atoms with Crippen LogP contribution in [0.25, 0.3) is 0 Å². The number of carbonyl (C=O) groups is 2. The Labute approximate surface area is 75.3 Å². The molecule has 0 aromatic heterocycles. The first kappa shape index (κ1) is 11.5. The molecule has 0 saturated heterocycles. The van der Waals surface area contributed by atoms with Crippen LogP contribution in [0.1, 0.15) is 25.7 Å². The van der Waals surface area contributed by atoms with Crippen molar-refractivity contribution >= 4 is 11.9 Å². The zero-order chi connectivity index (χ0) is 10.3. The summed E-state index contributed by atoms with van der Waals surface area (Å²) < 4.78 is 0. The molecule has 0 amide bonds. The van der Waals surface area contributed by atoms with Gasteiger partial charge in [-0.25, -0.2) is 4.79 Å². The molecule has 0 rings (SSSR count). The van der Waals surface area contributed by atoms with Gasteiger partial charge in [0.2, 0.25) is 0 Å². The lowest BCUT2D eigenvalue weighted by Gasteiger charge is -1.97. The van der Waals surface area contributed by atoms with Gasteiger partial charge in [0.05, 0.1) is 11.8 Å². The van der Waals surface area contributed by atoms with Crippen molar-refractivity contribution in [3.8, 4) is 0 Å². The summed E-state index contributed by atoms with van der Waals surface area (Å²) in [6.45, 7) is 0. The number of carboxylic acid groups (broad SMARTS) is 2. The standard InChI is InChI=1S/C8H12O5/c9-6(5-8(12)13)3-1-2-4-7(10)11/h5,9H,1-4H2,(H,10,11)(H,12,13). The van der Waals surface area contributed by atoms with Crippen molar-refractivity contribution in [3.05, 3.63) is 11.8 Å². The fraction of sp³-hybridized carbons (Fsp3) is 0.500. The largest absolute Gasteiger partial charge is 0.512 e. The van der Waals surface area contributed by atoms with Gasteiger partial charge in [-0.1, -0.05) is 0 Å². The van der Waals surface area contributed by atoms with E-state index >= 15 is 0 Å². The van der Waals surface area contributed by atoms with Gasteiger partial charge in [-0.3, -0.25) is 4.79 Å². The third kappa shape index (κ3) is 8.39. The highest BCUT2D eigenvalue weighted by molar-refractivity contribution is 5.80. The lowest BCUT2D eigenvalue weighted by atomic mass is 10.1. The van der Waals surface area contributed by atoms with Crippen LogP contribution in [0.4, 0.5) is 0 Å². The van der Waals surface area contributed by atoms with Gasteiger partial charge < -0.3 is 15.3 Å². The third-order valence-corrected chi connectivity index (χ3v) is 1.36. The van der Waals surface area contributed by atoms with Crippen molar-refractivity contribution in [3.63, 3.8) is 0 Å². The maximum absolute atomic E-state index is 10.1. The lowest BCUT2D eigenvalue weighted by molar-refractivity contribution is -0.137. The summed E-state index contributed by atoms with van der Waals surface area (Å²) in [4.78, 5) is 20.1. The van der Waals surface area contributed by atoms with E-state index in [-0.39, 0.29) is 18.6 Å². The molecule has 0 bridgehead atoms. The van der Waals surface area contributed by atoms with E-state index in [1.807, 2.05) is 0 Å². The molecule has 0 aliphatic heterocycles. The minimum absolute atomic E-state index is 0.0420. The molecule has 13 heavy (non-hydrogen) atoms. The van der Waals surface area contributed by atoms with E-state index in [0.717, 1.165) is 0 Å². The van der Waals surface area contributed by atoms with Crippen LogP contribution in [0.3, 0.4) is 0 Å². The number of allylic oxidation sites excluding steroid dienone is 1. The van der Waals surface area contributed by atoms with E-state index in [4.69, 9.17) is 15.3 Å². The van der Waals surface area contributed by atoms with Crippen LogP contribution in [0.2, 0.25) is 0 Å². The van der Waals surface area contributed by atoms with Crippen molar-refractivity contribution in [2.75, 3.05) is 0 Å². The molecular formula is C8H12O5. The number of unbranched alkanes of at least 4 members (excludes halogenated alkanes) is 1. The second-order valence-electron chi connectivity index (χ2n) is 2.57. The smallest absolute Gasteiger partial charge is 0.331 e. The van der Waals surface area contributed by atoms with Crippen LogP contribution in [0.5, 0.6) is 0 Å². The second kappa shape index (κ2) is 6.05. The van der Waals surface area contributed by atoms with Crippen molar-refractivity contribution in [1.29, 1.82) is 0 Å². The molecule has 0 spiro atoms. The predicted molar refractivity (Wildman–Crippen MR) is 44.5 cm³/mol. The van der Waals surface area contributed by atoms with Gasteiger partial charge in [0.25, 0.3) is 0 Å². The van der Waals surface area contributed by atoms with Gasteiger partial charge in [-0.15, -0.1) is 0 Å². The zero-order valence-corrected chi connectivity index (χ0v) is 7.06. The maximum atomic E-state index is 10.1. The Hall–Kier alpha value is -1.52. The quantitative estimate of drug-likeness (QED) is 0.330. The van der Waals surface area contributed by atoms with Gasteiger partial charge >= 0.3 is 11.9 Å². The predicted octanol–water partition coefficient (Wildman–Crippen LogP) is 1.16. The van der Waals surface area contributed by atoms with Gasteiger partial charge in [-0.2, -0.15) is 0 Å². The summed E-state index contributed by atoms with van der Waals surface area (Å²) in [6.07, 6.45) is 1.87. The Morgan fingerprint density at radius 1 is 1.00 bits per heavy atom. The molecule has 0 heterocycles. The lowest BCUT2D eigenvalue weighted by Crippen LogP contribution is -1.95. The van der Waals surface area contributed by atoms with E-state index < -0.39 is 11.9 Å². The number of carboxylic acids is 2.